The van der Waals surface area contributed by atoms with Crippen molar-refractivity contribution in [1.82, 2.24) is 15.3 Å². The highest BCUT2D eigenvalue weighted by atomic mass is 16.3. The molecule has 16 heavy (non-hydrogen) atoms. The maximum atomic E-state index is 11.6. The van der Waals surface area contributed by atoms with Gasteiger partial charge in [0.2, 0.25) is 0 Å². The van der Waals surface area contributed by atoms with E-state index in [1.54, 1.807) is 13.8 Å². The lowest BCUT2D eigenvalue weighted by Gasteiger charge is -2.22. The molecule has 0 unspecified atom stereocenters. The smallest absolute Gasteiger partial charge is 0.325 e. The first-order chi connectivity index (χ1) is 7.35. The molecule has 4 N–H and O–H groups in total. The van der Waals surface area contributed by atoms with Gasteiger partial charge in [-0.25, -0.2) is 4.79 Å². The van der Waals surface area contributed by atoms with Crippen molar-refractivity contribution in [3.63, 3.8) is 0 Å². The Morgan fingerprint density at radius 3 is 2.62 bits per heavy atom. The van der Waals surface area contributed by atoms with Gasteiger partial charge < -0.3 is 15.4 Å². The molecule has 7 nitrogen and oxygen atoms in total. The van der Waals surface area contributed by atoms with E-state index in [1.807, 2.05) is 4.98 Å². The van der Waals surface area contributed by atoms with Crippen molar-refractivity contribution in [2.24, 2.45) is 0 Å². The molecule has 0 aliphatic carbocycles. The largest absolute Gasteiger partial charge is 0.394 e. The molecule has 1 amide bonds. The van der Waals surface area contributed by atoms with Crippen LogP contribution >= 0.6 is 0 Å². The average Bonchev–Trinajstić information content (AvgIpc) is 2.16. The van der Waals surface area contributed by atoms with Gasteiger partial charge in [0.25, 0.3) is 11.5 Å². The second kappa shape index (κ2) is 4.31. The summed E-state index contributed by atoms with van der Waals surface area (Å²) in [4.78, 5) is 37.7. The van der Waals surface area contributed by atoms with Gasteiger partial charge in [0.15, 0.2) is 0 Å². The highest BCUT2D eigenvalue weighted by Crippen LogP contribution is 2.00. The topological polar surface area (TPSA) is 115 Å². The van der Waals surface area contributed by atoms with Gasteiger partial charge in [-0.15, -0.1) is 0 Å². The number of amides is 1. The molecule has 0 spiro atoms. The summed E-state index contributed by atoms with van der Waals surface area (Å²) in [7, 11) is 0. The zero-order valence-electron chi connectivity index (χ0n) is 8.96. The molecule has 0 aromatic carbocycles. The first kappa shape index (κ1) is 12.2. The van der Waals surface area contributed by atoms with Gasteiger partial charge in [0.1, 0.15) is 5.56 Å². The van der Waals surface area contributed by atoms with Crippen LogP contribution < -0.4 is 16.6 Å². The molecule has 0 aliphatic rings. The lowest BCUT2D eigenvalue weighted by Crippen LogP contribution is -2.48. The number of carbonyl (C=O) groups excluding carboxylic acids is 1. The summed E-state index contributed by atoms with van der Waals surface area (Å²) in [5, 5.41) is 11.4. The molecule has 0 fully saturated rings. The molecule has 88 valence electrons. The molecule has 1 heterocycles. The van der Waals surface area contributed by atoms with Gasteiger partial charge >= 0.3 is 5.69 Å². The first-order valence-corrected chi connectivity index (χ1v) is 4.61. The van der Waals surface area contributed by atoms with Crippen LogP contribution in [0.1, 0.15) is 24.2 Å². The molecule has 7 heteroatoms. The zero-order valence-corrected chi connectivity index (χ0v) is 8.96. The number of aromatic nitrogens is 2. The minimum Gasteiger partial charge on any atom is -0.394 e. The van der Waals surface area contributed by atoms with Crippen molar-refractivity contribution in [3.8, 4) is 0 Å². The molecule has 0 atom stereocenters. The van der Waals surface area contributed by atoms with Gasteiger partial charge in [-0.2, -0.15) is 0 Å². The number of H-pyrrole nitrogens is 2. The molecule has 0 aliphatic heterocycles. The van der Waals surface area contributed by atoms with Crippen LogP contribution in [0.2, 0.25) is 0 Å². The number of aliphatic hydroxyl groups excluding tert-OH is 1. The SMILES string of the molecule is CC(C)(CO)NC(=O)c1c[nH]c(=O)[nH]c1=O. The maximum Gasteiger partial charge on any atom is 0.325 e. The van der Waals surface area contributed by atoms with E-state index < -0.39 is 22.7 Å². The van der Waals surface area contributed by atoms with E-state index >= 15 is 0 Å². The Labute approximate surface area is 90.5 Å². The summed E-state index contributed by atoms with van der Waals surface area (Å²) < 4.78 is 0. The average molecular weight is 227 g/mol. The lowest BCUT2D eigenvalue weighted by molar-refractivity contribution is 0.0867. The highest BCUT2D eigenvalue weighted by molar-refractivity contribution is 5.93. The van der Waals surface area contributed by atoms with Crippen LogP contribution in [-0.4, -0.2) is 33.1 Å². The third-order valence-corrected chi connectivity index (χ3v) is 1.91. The number of hydrogen-bond donors (Lipinski definition) is 4. The third kappa shape index (κ3) is 2.80. The Balaban J connectivity index is 2.98. The molecule has 1 rings (SSSR count). The quantitative estimate of drug-likeness (QED) is 0.506. The second-order valence-corrected chi connectivity index (χ2v) is 3.98. The minimum atomic E-state index is -0.834. The number of carbonyl (C=O) groups is 1. The molecule has 0 saturated heterocycles. The van der Waals surface area contributed by atoms with E-state index in [0.717, 1.165) is 6.20 Å². The van der Waals surface area contributed by atoms with E-state index in [2.05, 4.69) is 10.3 Å². The minimum absolute atomic E-state index is 0.207. The molecular weight excluding hydrogens is 214 g/mol. The highest BCUT2D eigenvalue weighted by Gasteiger charge is 2.21. The number of rotatable bonds is 3. The van der Waals surface area contributed by atoms with Crippen molar-refractivity contribution in [2.75, 3.05) is 6.61 Å². The van der Waals surface area contributed by atoms with Crippen molar-refractivity contribution in [2.45, 2.75) is 19.4 Å². The fraction of sp³-hybridized carbons (Fsp3) is 0.444. The summed E-state index contributed by atoms with van der Waals surface area (Å²) in [6, 6.07) is 0. The molecular formula is C9H13N3O4. The van der Waals surface area contributed by atoms with Crippen LogP contribution in [0.3, 0.4) is 0 Å². The number of aliphatic hydroxyl groups is 1. The van der Waals surface area contributed by atoms with Gasteiger partial charge in [-0.05, 0) is 13.8 Å². The predicted octanol–water partition coefficient (Wildman–Crippen LogP) is -1.44. The third-order valence-electron chi connectivity index (χ3n) is 1.91. The van der Waals surface area contributed by atoms with E-state index in [4.69, 9.17) is 5.11 Å². The van der Waals surface area contributed by atoms with Gasteiger partial charge in [0.05, 0.1) is 12.1 Å². The van der Waals surface area contributed by atoms with Gasteiger partial charge in [-0.3, -0.25) is 14.6 Å². The standard InChI is InChI=1S/C9H13N3O4/c1-9(2,4-13)12-7(15)5-3-10-8(16)11-6(5)14/h3,13H,4H2,1-2H3,(H,12,15)(H2,10,11,14,16). The summed E-state index contributed by atoms with van der Waals surface area (Å²) in [6.45, 7) is 2.94. The number of aromatic amines is 2. The molecule has 1 aromatic heterocycles. The molecule has 0 bridgehead atoms. The van der Waals surface area contributed by atoms with Crippen LogP contribution in [0, 0.1) is 0 Å². The molecule has 0 saturated carbocycles. The van der Waals surface area contributed by atoms with Crippen molar-refractivity contribution >= 4 is 5.91 Å². The summed E-state index contributed by atoms with van der Waals surface area (Å²) >= 11 is 0. The van der Waals surface area contributed by atoms with E-state index in [-0.39, 0.29) is 12.2 Å². The summed E-state index contributed by atoms with van der Waals surface area (Å²) in [5.41, 5.74) is -2.49. The van der Waals surface area contributed by atoms with Crippen LogP contribution in [0.15, 0.2) is 15.8 Å². The normalized spacial score (nSPS) is 11.2. The van der Waals surface area contributed by atoms with Crippen molar-refractivity contribution in [1.29, 1.82) is 0 Å². The second-order valence-electron chi connectivity index (χ2n) is 3.98. The fourth-order valence-corrected chi connectivity index (χ4v) is 0.993. The van der Waals surface area contributed by atoms with E-state index in [0.29, 0.717) is 0 Å². The van der Waals surface area contributed by atoms with Crippen LogP contribution in [0.4, 0.5) is 0 Å². The first-order valence-electron chi connectivity index (χ1n) is 4.61. The summed E-state index contributed by atoms with van der Waals surface area (Å²) in [5.74, 6) is -0.656. The van der Waals surface area contributed by atoms with Crippen LogP contribution in [0.25, 0.3) is 0 Å². The predicted molar refractivity (Wildman–Crippen MR) is 56.3 cm³/mol. The van der Waals surface area contributed by atoms with E-state index in [9.17, 15) is 14.4 Å². The molecule has 0 radical (unpaired) electrons. The van der Waals surface area contributed by atoms with Crippen LogP contribution in [0.5, 0.6) is 0 Å². The van der Waals surface area contributed by atoms with E-state index in [1.165, 1.54) is 0 Å². The van der Waals surface area contributed by atoms with Gasteiger partial charge in [-0.1, -0.05) is 0 Å². The Morgan fingerprint density at radius 2 is 2.12 bits per heavy atom. The zero-order chi connectivity index (χ0) is 12.3. The van der Waals surface area contributed by atoms with Crippen molar-refractivity contribution in [3.05, 3.63) is 32.6 Å². The Morgan fingerprint density at radius 1 is 1.50 bits per heavy atom. The monoisotopic (exact) mass is 227 g/mol. The Hall–Kier alpha value is -1.89. The number of nitrogens with one attached hydrogen (secondary N) is 3. The Kier molecular flexibility index (Phi) is 3.28. The van der Waals surface area contributed by atoms with Gasteiger partial charge in [0, 0.05) is 6.20 Å². The molecule has 1 aromatic rings. The Bertz CT molecular complexity index is 500. The lowest BCUT2D eigenvalue weighted by atomic mass is 10.1. The van der Waals surface area contributed by atoms with Crippen LogP contribution in [-0.2, 0) is 0 Å². The number of hydrogen-bond acceptors (Lipinski definition) is 4. The van der Waals surface area contributed by atoms with Crippen molar-refractivity contribution < 1.29 is 9.90 Å². The summed E-state index contributed by atoms with van der Waals surface area (Å²) in [6.07, 6.45) is 1.03. The fourth-order valence-electron chi connectivity index (χ4n) is 0.993. The maximum absolute atomic E-state index is 11.6.